The van der Waals surface area contributed by atoms with Gasteiger partial charge in [0.05, 0.1) is 15.1 Å². The molecule has 0 saturated heterocycles. The second kappa shape index (κ2) is 8.83. The zero-order valence-corrected chi connectivity index (χ0v) is 19.2. The summed E-state index contributed by atoms with van der Waals surface area (Å²) >= 11 is 2.95. The molecule has 2 aromatic carbocycles. The van der Waals surface area contributed by atoms with Crippen LogP contribution in [0.2, 0.25) is 0 Å². The van der Waals surface area contributed by atoms with Gasteiger partial charge in [0.1, 0.15) is 0 Å². The van der Waals surface area contributed by atoms with Crippen LogP contribution in [-0.2, 0) is 9.84 Å². The molecule has 0 bridgehead atoms. The number of sulfone groups is 1. The van der Waals surface area contributed by atoms with Crippen LogP contribution in [0.4, 0.5) is 5.13 Å². The SMILES string of the molecule is CSc1ccc(C(=O)N(CCN(C)C)c2nc3ccc(S(C)(=O)=O)cc3s2)cc1. The molecule has 0 radical (unpaired) electrons. The number of aromatic nitrogens is 1. The van der Waals surface area contributed by atoms with E-state index in [-0.39, 0.29) is 10.8 Å². The van der Waals surface area contributed by atoms with Crippen LogP contribution in [0.1, 0.15) is 10.4 Å². The Labute approximate surface area is 179 Å². The van der Waals surface area contributed by atoms with Gasteiger partial charge in [0.25, 0.3) is 5.91 Å². The van der Waals surface area contributed by atoms with Crippen molar-refractivity contribution in [3.8, 4) is 0 Å². The van der Waals surface area contributed by atoms with Gasteiger partial charge in [0.2, 0.25) is 0 Å². The molecular formula is C20H23N3O3S3. The number of anilines is 1. The molecule has 0 spiro atoms. The number of benzene rings is 2. The molecule has 0 N–H and O–H groups in total. The topological polar surface area (TPSA) is 70.6 Å². The fourth-order valence-electron chi connectivity index (χ4n) is 2.71. The van der Waals surface area contributed by atoms with Gasteiger partial charge in [0.15, 0.2) is 15.0 Å². The van der Waals surface area contributed by atoms with Crippen LogP contribution in [0.5, 0.6) is 0 Å². The van der Waals surface area contributed by atoms with E-state index in [1.165, 1.54) is 17.6 Å². The molecule has 0 fully saturated rings. The number of amides is 1. The average molecular weight is 450 g/mol. The minimum absolute atomic E-state index is 0.123. The molecule has 0 aliphatic carbocycles. The lowest BCUT2D eigenvalue weighted by Gasteiger charge is -2.22. The molecule has 0 unspecified atom stereocenters. The summed E-state index contributed by atoms with van der Waals surface area (Å²) in [5.74, 6) is -0.123. The van der Waals surface area contributed by atoms with E-state index in [1.807, 2.05) is 49.5 Å². The molecule has 154 valence electrons. The van der Waals surface area contributed by atoms with Crippen molar-refractivity contribution in [2.45, 2.75) is 9.79 Å². The predicted octanol–water partition coefficient (Wildman–Crippen LogP) is 3.63. The highest BCUT2D eigenvalue weighted by Crippen LogP contribution is 2.31. The van der Waals surface area contributed by atoms with Gasteiger partial charge >= 0.3 is 0 Å². The molecule has 1 amide bonds. The molecule has 3 aromatic rings. The van der Waals surface area contributed by atoms with E-state index in [0.717, 1.165) is 9.60 Å². The molecule has 1 heterocycles. The van der Waals surface area contributed by atoms with Crippen molar-refractivity contribution >= 4 is 54.2 Å². The fraction of sp³-hybridized carbons (Fsp3) is 0.300. The van der Waals surface area contributed by atoms with Gasteiger partial charge in [-0.15, -0.1) is 11.8 Å². The highest BCUT2D eigenvalue weighted by Gasteiger charge is 2.22. The molecular weight excluding hydrogens is 426 g/mol. The second-order valence-corrected chi connectivity index (χ2v) is 10.8. The van der Waals surface area contributed by atoms with Crippen LogP contribution in [-0.4, -0.2) is 63.9 Å². The predicted molar refractivity (Wildman–Crippen MR) is 121 cm³/mol. The number of likely N-dealkylation sites (N-methyl/N-ethyl adjacent to an activating group) is 1. The Morgan fingerprint density at radius 2 is 1.79 bits per heavy atom. The third-order valence-electron chi connectivity index (χ3n) is 4.36. The Bertz CT molecular complexity index is 1120. The summed E-state index contributed by atoms with van der Waals surface area (Å²) in [6.45, 7) is 1.16. The molecule has 29 heavy (non-hydrogen) atoms. The van der Waals surface area contributed by atoms with Gasteiger partial charge in [-0.05, 0) is 62.8 Å². The summed E-state index contributed by atoms with van der Waals surface area (Å²) in [6, 6.07) is 12.4. The van der Waals surface area contributed by atoms with Crippen LogP contribution in [0, 0.1) is 0 Å². The van der Waals surface area contributed by atoms with E-state index >= 15 is 0 Å². The maximum Gasteiger partial charge on any atom is 0.260 e. The van der Waals surface area contributed by atoms with Gasteiger partial charge in [-0.1, -0.05) is 11.3 Å². The number of fused-ring (bicyclic) bond motifs is 1. The maximum atomic E-state index is 13.2. The van der Waals surface area contributed by atoms with Crippen LogP contribution in [0.25, 0.3) is 10.2 Å². The first-order valence-corrected chi connectivity index (χ1v) is 12.8. The van der Waals surface area contributed by atoms with E-state index in [9.17, 15) is 13.2 Å². The number of hydrogen-bond donors (Lipinski definition) is 0. The van der Waals surface area contributed by atoms with Gasteiger partial charge in [-0.2, -0.15) is 0 Å². The zero-order chi connectivity index (χ0) is 21.2. The maximum absolute atomic E-state index is 13.2. The van der Waals surface area contributed by atoms with Crippen molar-refractivity contribution in [3.63, 3.8) is 0 Å². The molecule has 1 aromatic heterocycles. The second-order valence-electron chi connectivity index (χ2n) is 6.89. The van der Waals surface area contributed by atoms with E-state index in [1.54, 1.807) is 34.9 Å². The summed E-state index contributed by atoms with van der Waals surface area (Å²) in [7, 11) is 0.599. The third kappa shape index (κ3) is 5.16. The Kier molecular flexibility index (Phi) is 6.62. The van der Waals surface area contributed by atoms with Crippen molar-refractivity contribution in [3.05, 3.63) is 48.0 Å². The lowest BCUT2D eigenvalue weighted by Crippen LogP contribution is -2.36. The van der Waals surface area contributed by atoms with E-state index < -0.39 is 9.84 Å². The average Bonchev–Trinajstić information content (AvgIpc) is 3.10. The van der Waals surface area contributed by atoms with E-state index in [2.05, 4.69) is 4.98 Å². The molecule has 0 aliphatic heterocycles. The highest BCUT2D eigenvalue weighted by atomic mass is 32.2. The number of thioether (sulfide) groups is 1. The van der Waals surface area contributed by atoms with Crippen LogP contribution in [0.3, 0.4) is 0 Å². The summed E-state index contributed by atoms with van der Waals surface area (Å²) in [5.41, 5.74) is 1.27. The van der Waals surface area contributed by atoms with Crippen LogP contribution < -0.4 is 4.90 Å². The summed E-state index contributed by atoms with van der Waals surface area (Å²) in [4.78, 5) is 22.8. The Balaban J connectivity index is 2.00. The van der Waals surface area contributed by atoms with Gasteiger partial charge < -0.3 is 4.90 Å². The third-order valence-corrected chi connectivity index (χ3v) is 7.26. The van der Waals surface area contributed by atoms with Gasteiger partial charge in [-0.25, -0.2) is 13.4 Å². The minimum atomic E-state index is -3.30. The normalized spacial score (nSPS) is 11.9. The van der Waals surface area contributed by atoms with Crippen molar-refractivity contribution in [2.75, 3.05) is 44.6 Å². The van der Waals surface area contributed by atoms with Crippen molar-refractivity contribution < 1.29 is 13.2 Å². The number of thiazole rings is 1. The molecule has 9 heteroatoms. The first kappa shape index (κ1) is 21.8. The number of rotatable bonds is 7. The zero-order valence-electron chi connectivity index (χ0n) is 16.7. The van der Waals surface area contributed by atoms with E-state index in [4.69, 9.17) is 0 Å². The monoisotopic (exact) mass is 449 g/mol. The fourth-order valence-corrected chi connectivity index (χ4v) is 4.87. The number of nitrogens with zero attached hydrogens (tertiary/aromatic N) is 3. The molecule has 0 atom stereocenters. The first-order valence-electron chi connectivity index (χ1n) is 8.90. The minimum Gasteiger partial charge on any atom is -0.308 e. The lowest BCUT2D eigenvalue weighted by molar-refractivity contribution is 0.0985. The number of carbonyl (C=O) groups excluding carboxylic acids is 1. The molecule has 0 aliphatic rings. The Morgan fingerprint density at radius 3 is 2.38 bits per heavy atom. The smallest absolute Gasteiger partial charge is 0.260 e. The largest absolute Gasteiger partial charge is 0.308 e. The standard InChI is InChI=1S/C20H23N3O3S3/c1-22(2)11-12-23(19(24)14-5-7-15(27-3)8-6-14)20-21-17-10-9-16(29(4,25)26)13-18(17)28-20/h5-10,13H,11-12H2,1-4H3. The van der Waals surface area contributed by atoms with Crippen LogP contribution in [0.15, 0.2) is 52.3 Å². The first-order chi connectivity index (χ1) is 13.7. The Hall–Kier alpha value is -1.94. The van der Waals surface area contributed by atoms with Crippen molar-refractivity contribution in [2.24, 2.45) is 0 Å². The van der Waals surface area contributed by atoms with Crippen molar-refractivity contribution in [1.82, 2.24) is 9.88 Å². The number of hydrogen-bond acceptors (Lipinski definition) is 7. The molecule has 6 nitrogen and oxygen atoms in total. The molecule has 3 rings (SSSR count). The van der Waals surface area contributed by atoms with E-state index in [0.29, 0.717) is 29.3 Å². The number of carbonyl (C=O) groups is 1. The summed E-state index contributed by atoms with van der Waals surface area (Å²) in [6.07, 6.45) is 3.17. The van der Waals surface area contributed by atoms with Crippen LogP contribution >= 0.6 is 23.1 Å². The van der Waals surface area contributed by atoms with Crippen molar-refractivity contribution in [1.29, 1.82) is 0 Å². The quantitative estimate of drug-likeness (QED) is 0.513. The van der Waals surface area contributed by atoms with Gasteiger partial charge in [0, 0.05) is 29.8 Å². The lowest BCUT2D eigenvalue weighted by atomic mass is 10.2. The summed E-state index contributed by atoms with van der Waals surface area (Å²) < 4.78 is 24.4. The summed E-state index contributed by atoms with van der Waals surface area (Å²) in [5, 5.41) is 0.562. The highest BCUT2D eigenvalue weighted by molar-refractivity contribution is 7.98. The Morgan fingerprint density at radius 1 is 1.10 bits per heavy atom. The van der Waals surface area contributed by atoms with Gasteiger partial charge in [-0.3, -0.25) is 9.69 Å². The molecule has 0 saturated carbocycles.